The Morgan fingerprint density at radius 2 is 2.11 bits per heavy atom. The average molecular weight is 270 g/mol. The van der Waals surface area contributed by atoms with E-state index in [2.05, 4.69) is 37.9 Å². The first-order chi connectivity index (χ1) is 9.06. The van der Waals surface area contributed by atoms with Gasteiger partial charge in [-0.2, -0.15) is 0 Å². The minimum atomic E-state index is -0.0497. The van der Waals surface area contributed by atoms with Crippen LogP contribution in [0.4, 0.5) is 0 Å². The summed E-state index contributed by atoms with van der Waals surface area (Å²) in [4.78, 5) is 2.61. The SMILES string of the molecule is CCNC(CC)(CO)CCCN1CCC(C(C)C)C1. The Labute approximate surface area is 119 Å². The number of likely N-dealkylation sites (tertiary alicyclic amines) is 1. The van der Waals surface area contributed by atoms with Gasteiger partial charge in [0, 0.05) is 12.1 Å². The predicted molar refractivity (Wildman–Crippen MR) is 82.4 cm³/mol. The minimum Gasteiger partial charge on any atom is -0.394 e. The highest BCUT2D eigenvalue weighted by atomic mass is 16.3. The Kier molecular flexibility index (Phi) is 7.33. The number of hydrogen-bond donors (Lipinski definition) is 2. The summed E-state index contributed by atoms with van der Waals surface area (Å²) in [6, 6.07) is 0. The van der Waals surface area contributed by atoms with Crippen molar-refractivity contribution in [2.45, 2.75) is 58.9 Å². The lowest BCUT2D eigenvalue weighted by Crippen LogP contribution is -2.48. The van der Waals surface area contributed by atoms with Crippen molar-refractivity contribution in [3.63, 3.8) is 0 Å². The molecular formula is C16H34N2O. The number of nitrogens with zero attached hydrogens (tertiary/aromatic N) is 1. The molecule has 2 N–H and O–H groups in total. The monoisotopic (exact) mass is 270 g/mol. The van der Waals surface area contributed by atoms with Crippen LogP contribution in [0, 0.1) is 11.8 Å². The van der Waals surface area contributed by atoms with E-state index < -0.39 is 0 Å². The first-order valence-electron chi connectivity index (χ1n) is 8.15. The van der Waals surface area contributed by atoms with Crippen LogP contribution < -0.4 is 5.32 Å². The van der Waals surface area contributed by atoms with Crippen LogP contribution in [-0.4, -0.2) is 48.3 Å². The number of nitrogens with one attached hydrogen (secondary N) is 1. The molecule has 1 rings (SSSR count). The fourth-order valence-electron chi connectivity index (χ4n) is 3.26. The van der Waals surface area contributed by atoms with E-state index in [0.717, 1.165) is 31.2 Å². The van der Waals surface area contributed by atoms with Crippen LogP contribution in [0.25, 0.3) is 0 Å². The fourth-order valence-corrected chi connectivity index (χ4v) is 3.26. The average Bonchev–Trinajstić information content (AvgIpc) is 2.87. The van der Waals surface area contributed by atoms with Gasteiger partial charge in [0.1, 0.15) is 0 Å². The van der Waals surface area contributed by atoms with Gasteiger partial charge in [-0.1, -0.05) is 27.7 Å². The summed E-state index contributed by atoms with van der Waals surface area (Å²) >= 11 is 0. The lowest BCUT2D eigenvalue weighted by molar-refractivity contribution is 0.141. The van der Waals surface area contributed by atoms with E-state index in [4.69, 9.17) is 0 Å². The van der Waals surface area contributed by atoms with Gasteiger partial charge in [-0.25, -0.2) is 0 Å². The van der Waals surface area contributed by atoms with E-state index >= 15 is 0 Å². The lowest BCUT2D eigenvalue weighted by atomic mass is 9.91. The van der Waals surface area contributed by atoms with Crippen molar-refractivity contribution in [2.75, 3.05) is 32.8 Å². The van der Waals surface area contributed by atoms with E-state index in [1.54, 1.807) is 0 Å². The lowest BCUT2D eigenvalue weighted by Gasteiger charge is -2.32. The molecule has 2 unspecified atom stereocenters. The Hall–Kier alpha value is -0.120. The largest absolute Gasteiger partial charge is 0.394 e. The topological polar surface area (TPSA) is 35.5 Å². The van der Waals surface area contributed by atoms with Crippen molar-refractivity contribution in [2.24, 2.45) is 11.8 Å². The molecule has 0 aromatic carbocycles. The Morgan fingerprint density at radius 3 is 2.58 bits per heavy atom. The van der Waals surface area contributed by atoms with E-state index in [0.29, 0.717) is 0 Å². The van der Waals surface area contributed by atoms with Gasteiger partial charge in [-0.3, -0.25) is 0 Å². The van der Waals surface area contributed by atoms with Gasteiger partial charge in [0.25, 0.3) is 0 Å². The van der Waals surface area contributed by atoms with Crippen molar-refractivity contribution in [3.8, 4) is 0 Å². The van der Waals surface area contributed by atoms with Crippen LogP contribution in [0.2, 0.25) is 0 Å². The third-order valence-corrected chi connectivity index (χ3v) is 4.91. The molecule has 0 saturated carbocycles. The minimum absolute atomic E-state index is 0.0497. The molecule has 0 aromatic rings. The summed E-state index contributed by atoms with van der Waals surface area (Å²) in [6.07, 6.45) is 4.64. The number of aliphatic hydroxyl groups is 1. The fraction of sp³-hybridized carbons (Fsp3) is 1.00. The van der Waals surface area contributed by atoms with Gasteiger partial charge in [0.2, 0.25) is 0 Å². The zero-order valence-electron chi connectivity index (χ0n) is 13.4. The normalized spacial score (nSPS) is 24.0. The first kappa shape index (κ1) is 16.9. The molecule has 1 heterocycles. The molecule has 114 valence electrons. The van der Waals surface area contributed by atoms with Gasteiger partial charge in [-0.05, 0) is 57.2 Å². The maximum atomic E-state index is 9.64. The molecule has 0 aromatic heterocycles. The highest BCUT2D eigenvalue weighted by Gasteiger charge is 2.27. The molecular weight excluding hydrogens is 236 g/mol. The summed E-state index contributed by atoms with van der Waals surface area (Å²) in [6.45, 7) is 13.9. The zero-order valence-corrected chi connectivity index (χ0v) is 13.4. The zero-order chi connectivity index (χ0) is 14.3. The molecule has 3 heteroatoms. The first-order valence-corrected chi connectivity index (χ1v) is 8.15. The van der Waals surface area contributed by atoms with Crippen LogP contribution >= 0.6 is 0 Å². The Balaban J connectivity index is 2.29. The Bertz CT molecular complexity index is 239. The molecule has 1 aliphatic heterocycles. The molecule has 0 amide bonds. The third-order valence-electron chi connectivity index (χ3n) is 4.91. The quantitative estimate of drug-likeness (QED) is 0.676. The van der Waals surface area contributed by atoms with E-state index in [1.165, 1.54) is 32.5 Å². The van der Waals surface area contributed by atoms with E-state index in [-0.39, 0.29) is 12.1 Å². The van der Waals surface area contributed by atoms with Crippen molar-refractivity contribution in [1.29, 1.82) is 0 Å². The molecule has 0 bridgehead atoms. The molecule has 1 aliphatic rings. The van der Waals surface area contributed by atoms with E-state index in [1.807, 2.05) is 0 Å². The van der Waals surface area contributed by atoms with Crippen molar-refractivity contribution < 1.29 is 5.11 Å². The standard InChI is InChI=1S/C16H34N2O/c1-5-16(13-19,17-6-2)9-7-10-18-11-8-15(12-18)14(3)4/h14-15,17,19H,5-13H2,1-4H3. The van der Waals surface area contributed by atoms with Crippen LogP contribution in [0.3, 0.4) is 0 Å². The maximum absolute atomic E-state index is 9.64. The second kappa shape index (κ2) is 8.23. The van der Waals surface area contributed by atoms with Gasteiger partial charge in [0.05, 0.1) is 6.61 Å². The maximum Gasteiger partial charge on any atom is 0.0613 e. The van der Waals surface area contributed by atoms with Gasteiger partial charge in [-0.15, -0.1) is 0 Å². The number of likely N-dealkylation sites (N-methyl/N-ethyl adjacent to an activating group) is 1. The third kappa shape index (κ3) is 5.05. The summed E-state index contributed by atoms with van der Waals surface area (Å²) in [5, 5.41) is 13.1. The van der Waals surface area contributed by atoms with Gasteiger partial charge < -0.3 is 15.3 Å². The summed E-state index contributed by atoms with van der Waals surface area (Å²) in [5.41, 5.74) is -0.0497. The van der Waals surface area contributed by atoms with Crippen LogP contribution in [0.5, 0.6) is 0 Å². The predicted octanol–water partition coefficient (Wildman–Crippen LogP) is 2.50. The highest BCUT2D eigenvalue weighted by Crippen LogP contribution is 2.24. The van der Waals surface area contributed by atoms with Crippen molar-refractivity contribution >= 4 is 0 Å². The van der Waals surface area contributed by atoms with Crippen molar-refractivity contribution in [1.82, 2.24) is 10.2 Å². The molecule has 1 saturated heterocycles. The molecule has 19 heavy (non-hydrogen) atoms. The van der Waals surface area contributed by atoms with Crippen molar-refractivity contribution in [3.05, 3.63) is 0 Å². The summed E-state index contributed by atoms with van der Waals surface area (Å²) in [7, 11) is 0. The number of hydrogen-bond acceptors (Lipinski definition) is 3. The van der Waals surface area contributed by atoms with Crippen LogP contribution in [0.1, 0.15) is 53.4 Å². The number of rotatable bonds is 9. The highest BCUT2D eigenvalue weighted by molar-refractivity contribution is 4.86. The summed E-state index contributed by atoms with van der Waals surface area (Å²) < 4.78 is 0. The molecule has 2 atom stereocenters. The molecule has 0 radical (unpaired) electrons. The number of aliphatic hydroxyl groups excluding tert-OH is 1. The second-order valence-corrected chi connectivity index (χ2v) is 6.52. The van der Waals surface area contributed by atoms with Crippen LogP contribution in [-0.2, 0) is 0 Å². The van der Waals surface area contributed by atoms with E-state index in [9.17, 15) is 5.11 Å². The Morgan fingerprint density at radius 1 is 1.37 bits per heavy atom. The second-order valence-electron chi connectivity index (χ2n) is 6.52. The van der Waals surface area contributed by atoms with Gasteiger partial charge in [0.15, 0.2) is 0 Å². The van der Waals surface area contributed by atoms with Gasteiger partial charge >= 0.3 is 0 Å². The van der Waals surface area contributed by atoms with Crippen LogP contribution in [0.15, 0.2) is 0 Å². The molecule has 0 aliphatic carbocycles. The molecule has 1 fully saturated rings. The smallest absolute Gasteiger partial charge is 0.0613 e. The molecule has 0 spiro atoms. The summed E-state index contributed by atoms with van der Waals surface area (Å²) in [5.74, 6) is 1.71. The molecule has 3 nitrogen and oxygen atoms in total.